The summed E-state index contributed by atoms with van der Waals surface area (Å²) in [4.78, 5) is 32.6. The number of nitrogens with zero attached hydrogens (tertiary/aromatic N) is 2. The lowest BCUT2D eigenvalue weighted by atomic mass is 9.90. The molecular formula is C30H28N2O6S. The van der Waals surface area contributed by atoms with Gasteiger partial charge in [0.15, 0.2) is 16.3 Å². The molecule has 39 heavy (non-hydrogen) atoms. The van der Waals surface area contributed by atoms with Crippen molar-refractivity contribution in [1.29, 1.82) is 0 Å². The fourth-order valence-corrected chi connectivity index (χ4v) is 5.94. The Kier molecular flexibility index (Phi) is 7.26. The van der Waals surface area contributed by atoms with Crippen LogP contribution in [0.4, 0.5) is 0 Å². The normalized spacial score (nSPS) is 15.1. The van der Waals surface area contributed by atoms with Crippen molar-refractivity contribution in [1.82, 2.24) is 4.57 Å². The van der Waals surface area contributed by atoms with Crippen LogP contribution in [0.5, 0.6) is 17.2 Å². The fourth-order valence-electron chi connectivity index (χ4n) is 4.89. The Morgan fingerprint density at radius 2 is 1.72 bits per heavy atom. The van der Waals surface area contributed by atoms with Crippen LogP contribution in [0.2, 0.25) is 0 Å². The molecule has 0 N–H and O–H groups in total. The Labute approximate surface area is 229 Å². The molecule has 1 aromatic heterocycles. The van der Waals surface area contributed by atoms with Crippen LogP contribution in [0.3, 0.4) is 0 Å². The number of fused-ring (bicyclic) bond motifs is 2. The van der Waals surface area contributed by atoms with Crippen molar-refractivity contribution in [2.75, 3.05) is 27.9 Å². The van der Waals surface area contributed by atoms with E-state index in [9.17, 15) is 9.59 Å². The standard InChI is InChI=1S/C30H28N2O6S/c1-6-38-29(34)25-17(2)31-30-32(27(25)26-20-10-8-7-9-19(20)12-14-22(26)36-4)28(33)24(39-30)16-18-11-13-21(35-3)23(15-18)37-5/h7-16,27H,6H2,1-5H3/b24-16+/t27-/m1/s1. The molecule has 4 aromatic rings. The van der Waals surface area contributed by atoms with E-state index in [1.165, 1.54) is 11.3 Å². The molecule has 0 unspecified atom stereocenters. The minimum atomic E-state index is -0.797. The molecule has 1 aliphatic heterocycles. The second-order valence-corrected chi connectivity index (χ2v) is 9.83. The molecule has 0 radical (unpaired) electrons. The SMILES string of the molecule is CCOC(=O)C1=C(C)N=c2s/c(=C/c3ccc(OC)c(OC)c3)c(=O)n2[C@H]1c1c(OC)ccc2ccccc12. The van der Waals surface area contributed by atoms with Gasteiger partial charge in [0.25, 0.3) is 5.56 Å². The van der Waals surface area contributed by atoms with Gasteiger partial charge in [-0.3, -0.25) is 9.36 Å². The maximum atomic E-state index is 14.1. The van der Waals surface area contributed by atoms with Crippen LogP contribution in [0.1, 0.15) is 31.0 Å². The van der Waals surface area contributed by atoms with Gasteiger partial charge >= 0.3 is 5.97 Å². The van der Waals surface area contributed by atoms with Gasteiger partial charge in [-0.2, -0.15) is 0 Å². The molecule has 0 amide bonds. The maximum absolute atomic E-state index is 14.1. The molecule has 0 fully saturated rings. The van der Waals surface area contributed by atoms with Gasteiger partial charge in [0.2, 0.25) is 0 Å². The van der Waals surface area contributed by atoms with Crippen molar-refractivity contribution in [2.45, 2.75) is 19.9 Å². The van der Waals surface area contributed by atoms with Crippen LogP contribution < -0.4 is 29.1 Å². The third-order valence-corrected chi connectivity index (χ3v) is 7.63. The molecule has 3 aromatic carbocycles. The molecule has 0 bridgehead atoms. The van der Waals surface area contributed by atoms with E-state index in [1.807, 2.05) is 42.5 Å². The highest BCUT2D eigenvalue weighted by Crippen LogP contribution is 2.40. The zero-order valence-corrected chi connectivity index (χ0v) is 23.1. The highest BCUT2D eigenvalue weighted by molar-refractivity contribution is 7.07. The number of aromatic nitrogens is 1. The number of benzene rings is 3. The van der Waals surface area contributed by atoms with Crippen molar-refractivity contribution in [2.24, 2.45) is 4.99 Å². The number of hydrogen-bond donors (Lipinski definition) is 0. The van der Waals surface area contributed by atoms with E-state index in [2.05, 4.69) is 4.99 Å². The number of carbonyl (C=O) groups excluding carboxylic acids is 1. The predicted molar refractivity (Wildman–Crippen MR) is 150 cm³/mol. The lowest BCUT2D eigenvalue weighted by Gasteiger charge is -2.27. The van der Waals surface area contributed by atoms with E-state index >= 15 is 0 Å². The van der Waals surface area contributed by atoms with Gasteiger partial charge in [-0.15, -0.1) is 0 Å². The van der Waals surface area contributed by atoms with E-state index in [4.69, 9.17) is 18.9 Å². The second kappa shape index (κ2) is 10.8. The van der Waals surface area contributed by atoms with Crippen molar-refractivity contribution in [3.63, 3.8) is 0 Å². The van der Waals surface area contributed by atoms with Crippen LogP contribution in [-0.2, 0) is 9.53 Å². The number of ether oxygens (including phenoxy) is 4. The Morgan fingerprint density at radius 3 is 2.44 bits per heavy atom. The third kappa shape index (κ3) is 4.59. The molecule has 1 atom stereocenters. The van der Waals surface area contributed by atoms with E-state index < -0.39 is 12.0 Å². The van der Waals surface area contributed by atoms with Crippen LogP contribution in [-0.4, -0.2) is 38.5 Å². The zero-order chi connectivity index (χ0) is 27.7. The van der Waals surface area contributed by atoms with Crippen molar-refractivity contribution < 1.29 is 23.7 Å². The zero-order valence-electron chi connectivity index (χ0n) is 22.3. The Balaban J connectivity index is 1.81. The number of carbonyl (C=O) groups is 1. The molecule has 200 valence electrons. The molecule has 8 nitrogen and oxygen atoms in total. The number of methoxy groups -OCH3 is 3. The van der Waals surface area contributed by atoms with Crippen LogP contribution in [0, 0.1) is 0 Å². The quantitative estimate of drug-likeness (QED) is 0.327. The predicted octanol–water partition coefficient (Wildman–Crippen LogP) is 3.98. The smallest absolute Gasteiger partial charge is 0.338 e. The van der Waals surface area contributed by atoms with Gasteiger partial charge in [0.05, 0.1) is 43.7 Å². The van der Waals surface area contributed by atoms with E-state index in [1.54, 1.807) is 58.0 Å². The molecular weight excluding hydrogens is 516 g/mol. The topological polar surface area (TPSA) is 88.4 Å². The number of rotatable bonds is 7. The summed E-state index contributed by atoms with van der Waals surface area (Å²) in [7, 11) is 4.71. The van der Waals surface area contributed by atoms with Gasteiger partial charge < -0.3 is 18.9 Å². The van der Waals surface area contributed by atoms with Gasteiger partial charge in [0.1, 0.15) is 11.8 Å². The number of esters is 1. The van der Waals surface area contributed by atoms with E-state index in [0.717, 1.165) is 16.3 Å². The number of hydrogen-bond acceptors (Lipinski definition) is 8. The molecule has 0 spiro atoms. The van der Waals surface area contributed by atoms with Crippen molar-refractivity contribution in [3.05, 3.63) is 96.7 Å². The molecule has 0 aliphatic carbocycles. The summed E-state index contributed by atoms with van der Waals surface area (Å²) in [6.07, 6.45) is 1.78. The lowest BCUT2D eigenvalue weighted by molar-refractivity contribution is -0.139. The molecule has 9 heteroatoms. The largest absolute Gasteiger partial charge is 0.496 e. The third-order valence-electron chi connectivity index (χ3n) is 6.65. The summed E-state index contributed by atoms with van der Waals surface area (Å²) in [6.45, 7) is 3.71. The first kappa shape index (κ1) is 26.2. The summed E-state index contributed by atoms with van der Waals surface area (Å²) in [5.41, 5.74) is 1.98. The van der Waals surface area contributed by atoms with Gasteiger partial charge in [0, 0.05) is 5.56 Å². The fraction of sp³-hybridized carbons (Fsp3) is 0.233. The summed E-state index contributed by atoms with van der Waals surface area (Å²) < 4.78 is 24.0. The first-order chi connectivity index (χ1) is 18.9. The Bertz CT molecular complexity index is 1800. The highest BCUT2D eigenvalue weighted by Gasteiger charge is 2.36. The minimum absolute atomic E-state index is 0.193. The maximum Gasteiger partial charge on any atom is 0.338 e. The Morgan fingerprint density at radius 1 is 1.00 bits per heavy atom. The average molecular weight is 545 g/mol. The van der Waals surface area contributed by atoms with Gasteiger partial charge in [-0.25, -0.2) is 9.79 Å². The van der Waals surface area contributed by atoms with Crippen molar-refractivity contribution in [3.8, 4) is 17.2 Å². The molecule has 5 rings (SSSR count). The van der Waals surface area contributed by atoms with E-state index in [-0.39, 0.29) is 12.2 Å². The average Bonchev–Trinajstić information content (AvgIpc) is 3.25. The number of thiazole rings is 1. The lowest BCUT2D eigenvalue weighted by Crippen LogP contribution is -2.40. The van der Waals surface area contributed by atoms with Gasteiger partial charge in [-0.05, 0) is 54.5 Å². The summed E-state index contributed by atoms with van der Waals surface area (Å²) in [5.74, 6) is 1.18. The Hall–Kier alpha value is -4.37. The van der Waals surface area contributed by atoms with Gasteiger partial charge in [-0.1, -0.05) is 47.7 Å². The van der Waals surface area contributed by atoms with Crippen LogP contribution in [0.25, 0.3) is 16.8 Å². The molecule has 1 aliphatic rings. The monoisotopic (exact) mass is 544 g/mol. The van der Waals surface area contributed by atoms with Crippen LogP contribution >= 0.6 is 11.3 Å². The molecule has 2 heterocycles. The van der Waals surface area contributed by atoms with Crippen LogP contribution in [0.15, 0.2) is 75.7 Å². The minimum Gasteiger partial charge on any atom is -0.496 e. The first-order valence-corrected chi connectivity index (χ1v) is 13.2. The summed E-state index contributed by atoms with van der Waals surface area (Å²) in [5, 5.41) is 1.83. The molecule has 0 saturated carbocycles. The second-order valence-electron chi connectivity index (χ2n) is 8.82. The summed E-state index contributed by atoms with van der Waals surface area (Å²) >= 11 is 1.26. The van der Waals surface area contributed by atoms with Crippen molar-refractivity contribution >= 4 is 34.2 Å². The van der Waals surface area contributed by atoms with E-state index in [0.29, 0.717) is 43.4 Å². The summed E-state index contributed by atoms with van der Waals surface area (Å²) in [6, 6.07) is 16.3. The highest BCUT2D eigenvalue weighted by atomic mass is 32.1. The first-order valence-electron chi connectivity index (χ1n) is 12.4. The number of allylic oxidation sites excluding steroid dienone is 1. The molecule has 0 saturated heterocycles.